The number of aliphatic hydroxyl groups is 1. The Hall–Kier alpha value is -2.33. The predicted octanol–water partition coefficient (Wildman–Crippen LogP) is 2.65. The third kappa shape index (κ3) is 6.33. The number of aliphatic hydroxyl groups excluding tert-OH is 1. The molecular formula is C20H26F3N3O4. The lowest BCUT2D eigenvalue weighted by molar-refractivity contribution is -0.137. The van der Waals surface area contributed by atoms with Gasteiger partial charge in [0.05, 0.1) is 24.3 Å². The van der Waals surface area contributed by atoms with E-state index in [0.29, 0.717) is 25.8 Å². The molecule has 10 heteroatoms. The summed E-state index contributed by atoms with van der Waals surface area (Å²) in [6.45, 7) is 0.0995. The van der Waals surface area contributed by atoms with Crippen LogP contribution in [0, 0.1) is 5.92 Å². The van der Waals surface area contributed by atoms with Gasteiger partial charge in [-0.05, 0) is 56.4 Å². The van der Waals surface area contributed by atoms with Gasteiger partial charge in [0.1, 0.15) is 6.10 Å². The van der Waals surface area contributed by atoms with Crippen LogP contribution in [0.2, 0.25) is 0 Å². The summed E-state index contributed by atoms with van der Waals surface area (Å²) in [6, 6.07) is 3.44. The lowest BCUT2D eigenvalue weighted by Crippen LogP contribution is -2.51. The van der Waals surface area contributed by atoms with E-state index < -0.39 is 23.9 Å². The van der Waals surface area contributed by atoms with Gasteiger partial charge in [-0.15, -0.1) is 0 Å². The second kappa shape index (κ2) is 9.65. The Bertz CT molecular complexity index is 738. The number of rotatable bonds is 7. The molecule has 4 N–H and O–H groups in total. The molecular weight excluding hydrogens is 403 g/mol. The lowest BCUT2D eigenvalue weighted by atomic mass is 9.97. The summed E-state index contributed by atoms with van der Waals surface area (Å²) in [5.74, 6) is 0.108. The van der Waals surface area contributed by atoms with Crippen molar-refractivity contribution in [3.63, 3.8) is 0 Å². The average molecular weight is 429 g/mol. The number of nitrogens with one attached hydrogen (secondary N) is 3. The van der Waals surface area contributed by atoms with Crippen molar-refractivity contribution in [2.45, 2.75) is 56.5 Å². The quantitative estimate of drug-likeness (QED) is 0.536. The van der Waals surface area contributed by atoms with Crippen molar-refractivity contribution < 1.29 is 32.6 Å². The topological polar surface area (TPSA) is 99.7 Å². The molecule has 1 saturated carbocycles. The number of carbonyl (C=O) groups excluding carboxylic acids is 2. The Morgan fingerprint density at radius 3 is 2.40 bits per heavy atom. The summed E-state index contributed by atoms with van der Waals surface area (Å²) < 4.78 is 43.5. The van der Waals surface area contributed by atoms with Crippen molar-refractivity contribution >= 4 is 17.6 Å². The molecule has 30 heavy (non-hydrogen) atoms. The molecule has 1 aliphatic carbocycles. The first kappa shape index (κ1) is 22.4. The van der Waals surface area contributed by atoms with Crippen molar-refractivity contribution in [3.8, 4) is 0 Å². The molecule has 7 nitrogen and oxygen atoms in total. The van der Waals surface area contributed by atoms with Gasteiger partial charge < -0.3 is 25.8 Å². The lowest BCUT2D eigenvalue weighted by Gasteiger charge is -2.36. The second-order valence-electron chi connectivity index (χ2n) is 7.69. The SMILES string of the molecule is O=C(NCC[C@@H]1CC[C@H](NC(=O)C2CC2)[C@@H](CO)O1)Nc1ccc(C(F)(F)F)cc1. The fourth-order valence-corrected chi connectivity index (χ4v) is 3.42. The zero-order valence-corrected chi connectivity index (χ0v) is 16.4. The highest BCUT2D eigenvalue weighted by atomic mass is 19.4. The largest absolute Gasteiger partial charge is 0.416 e. The molecule has 0 spiro atoms. The molecule has 0 unspecified atom stereocenters. The smallest absolute Gasteiger partial charge is 0.394 e. The highest BCUT2D eigenvalue weighted by Crippen LogP contribution is 2.31. The van der Waals surface area contributed by atoms with Gasteiger partial charge in [-0.2, -0.15) is 13.2 Å². The van der Waals surface area contributed by atoms with Gasteiger partial charge in [0.2, 0.25) is 5.91 Å². The van der Waals surface area contributed by atoms with E-state index in [9.17, 15) is 27.9 Å². The third-order valence-corrected chi connectivity index (χ3v) is 5.29. The Kier molecular flexibility index (Phi) is 7.19. The summed E-state index contributed by atoms with van der Waals surface area (Å²) in [7, 11) is 0. The number of hydrogen-bond acceptors (Lipinski definition) is 4. The Morgan fingerprint density at radius 2 is 1.80 bits per heavy atom. The van der Waals surface area contributed by atoms with E-state index in [1.807, 2.05) is 0 Å². The minimum atomic E-state index is -4.42. The zero-order valence-electron chi connectivity index (χ0n) is 16.4. The number of ether oxygens (including phenoxy) is 1. The summed E-state index contributed by atoms with van der Waals surface area (Å²) in [5, 5.41) is 17.6. The van der Waals surface area contributed by atoms with Gasteiger partial charge in [0.25, 0.3) is 0 Å². The molecule has 1 aromatic rings. The zero-order chi connectivity index (χ0) is 21.7. The molecule has 0 bridgehead atoms. The fraction of sp³-hybridized carbons (Fsp3) is 0.600. The van der Waals surface area contributed by atoms with Crippen LogP contribution in [0.4, 0.5) is 23.7 Å². The van der Waals surface area contributed by atoms with Crippen molar-refractivity contribution in [3.05, 3.63) is 29.8 Å². The maximum absolute atomic E-state index is 12.6. The molecule has 0 aromatic heterocycles. The van der Waals surface area contributed by atoms with Crippen LogP contribution in [0.15, 0.2) is 24.3 Å². The van der Waals surface area contributed by atoms with Gasteiger partial charge in [0, 0.05) is 18.2 Å². The maximum atomic E-state index is 12.6. The Morgan fingerprint density at radius 1 is 1.10 bits per heavy atom. The van der Waals surface area contributed by atoms with E-state index >= 15 is 0 Å². The van der Waals surface area contributed by atoms with E-state index in [1.165, 1.54) is 12.1 Å². The number of amides is 3. The number of urea groups is 1. The highest BCUT2D eigenvalue weighted by molar-refractivity contribution is 5.89. The first-order valence-corrected chi connectivity index (χ1v) is 10.0. The average Bonchev–Trinajstić information content (AvgIpc) is 3.54. The standard InChI is InChI=1S/C20H26F3N3O4/c21-20(22,23)13-3-5-14(6-4-13)25-19(29)24-10-9-15-7-8-16(17(11-27)30-15)26-18(28)12-1-2-12/h3-6,12,15-17,27H,1-2,7-11H2,(H,26,28)(H2,24,25,29)/t15-,16-,17+/m0/s1. The van der Waals surface area contributed by atoms with Gasteiger partial charge in [-0.3, -0.25) is 4.79 Å². The monoisotopic (exact) mass is 429 g/mol. The minimum Gasteiger partial charge on any atom is -0.394 e. The van der Waals surface area contributed by atoms with Crippen LogP contribution in [-0.2, 0) is 15.7 Å². The number of benzene rings is 1. The van der Waals surface area contributed by atoms with E-state index in [0.717, 1.165) is 25.0 Å². The normalized spacial score (nSPS) is 24.2. The van der Waals surface area contributed by atoms with Crippen LogP contribution >= 0.6 is 0 Å². The number of halogens is 3. The fourth-order valence-electron chi connectivity index (χ4n) is 3.42. The maximum Gasteiger partial charge on any atom is 0.416 e. The molecule has 2 aliphatic rings. The number of carbonyl (C=O) groups is 2. The number of anilines is 1. The molecule has 3 atom stereocenters. The molecule has 3 rings (SSSR count). The first-order valence-electron chi connectivity index (χ1n) is 10.0. The highest BCUT2D eigenvalue weighted by Gasteiger charge is 2.36. The molecule has 1 aliphatic heterocycles. The first-order chi connectivity index (χ1) is 14.3. The van der Waals surface area contributed by atoms with Gasteiger partial charge >= 0.3 is 12.2 Å². The van der Waals surface area contributed by atoms with Gasteiger partial charge in [-0.1, -0.05) is 0 Å². The molecule has 2 fully saturated rings. The Labute approximate surface area is 172 Å². The second-order valence-corrected chi connectivity index (χ2v) is 7.69. The molecule has 166 valence electrons. The molecule has 1 heterocycles. The van der Waals surface area contributed by atoms with Crippen molar-refractivity contribution in [1.82, 2.24) is 10.6 Å². The van der Waals surface area contributed by atoms with Crippen LogP contribution < -0.4 is 16.0 Å². The molecule has 0 radical (unpaired) electrons. The van der Waals surface area contributed by atoms with E-state index in [1.54, 1.807) is 0 Å². The van der Waals surface area contributed by atoms with Crippen molar-refractivity contribution in [2.75, 3.05) is 18.5 Å². The predicted molar refractivity (Wildman–Crippen MR) is 103 cm³/mol. The van der Waals surface area contributed by atoms with Crippen LogP contribution in [0.5, 0.6) is 0 Å². The minimum absolute atomic E-state index is 0.0158. The van der Waals surface area contributed by atoms with Crippen molar-refractivity contribution in [2.24, 2.45) is 5.92 Å². The van der Waals surface area contributed by atoms with Gasteiger partial charge in [0.15, 0.2) is 0 Å². The third-order valence-electron chi connectivity index (χ3n) is 5.29. The van der Waals surface area contributed by atoms with Crippen LogP contribution in [0.3, 0.4) is 0 Å². The van der Waals surface area contributed by atoms with Crippen LogP contribution in [0.25, 0.3) is 0 Å². The number of alkyl halides is 3. The summed E-state index contributed by atoms with van der Waals surface area (Å²) in [5.41, 5.74) is -0.531. The molecule has 1 saturated heterocycles. The summed E-state index contributed by atoms with van der Waals surface area (Å²) >= 11 is 0. The van der Waals surface area contributed by atoms with Crippen LogP contribution in [-0.4, -0.2) is 48.4 Å². The van der Waals surface area contributed by atoms with Crippen molar-refractivity contribution in [1.29, 1.82) is 0 Å². The van der Waals surface area contributed by atoms with Gasteiger partial charge in [-0.25, -0.2) is 4.79 Å². The van der Waals surface area contributed by atoms with E-state index in [-0.39, 0.29) is 36.3 Å². The van der Waals surface area contributed by atoms with E-state index in [4.69, 9.17) is 4.74 Å². The number of hydrogen-bond donors (Lipinski definition) is 4. The molecule has 3 amide bonds. The Balaban J connectivity index is 1.37. The van der Waals surface area contributed by atoms with E-state index in [2.05, 4.69) is 16.0 Å². The van der Waals surface area contributed by atoms with Crippen LogP contribution in [0.1, 0.15) is 37.7 Å². The summed E-state index contributed by atoms with van der Waals surface area (Å²) in [6.07, 6.45) is -1.36. The summed E-state index contributed by atoms with van der Waals surface area (Å²) in [4.78, 5) is 23.8. The molecule has 1 aromatic carbocycles.